The smallest absolute Gasteiger partial charge is 0.0955 e. The van der Waals surface area contributed by atoms with E-state index >= 15 is 0 Å². The summed E-state index contributed by atoms with van der Waals surface area (Å²) in [5.74, 6) is 0.711. The zero-order chi connectivity index (χ0) is 15.3. The summed E-state index contributed by atoms with van der Waals surface area (Å²) in [6, 6.07) is 0. The molecule has 1 radical (unpaired) electrons. The van der Waals surface area contributed by atoms with Crippen LogP contribution >= 0.6 is 0 Å². The minimum atomic E-state index is -1.52. The van der Waals surface area contributed by atoms with E-state index in [2.05, 4.69) is 54.9 Å². The molecule has 1 fully saturated rings. The molecule has 0 spiro atoms. The van der Waals surface area contributed by atoms with Gasteiger partial charge in [-0.15, -0.1) is 0 Å². The Morgan fingerprint density at radius 1 is 1.00 bits per heavy atom. The Kier molecular flexibility index (Phi) is 7.27. The molecule has 0 aromatic heterocycles. The van der Waals surface area contributed by atoms with Crippen LogP contribution < -0.4 is 0 Å². The standard InChI is InChI=1S/C18H37OSi/c1-8-19-18(17-12-10-9-11-13-17)20(14(2)3,15(4)5)16(6)7/h12,14-18H,8-11,13H2,1-7H3. The van der Waals surface area contributed by atoms with Gasteiger partial charge in [-0.1, -0.05) is 54.4 Å². The van der Waals surface area contributed by atoms with Crippen molar-refractivity contribution in [3.8, 4) is 0 Å². The minimum absolute atomic E-state index is 0.521. The zero-order valence-electron chi connectivity index (χ0n) is 14.9. The number of rotatable bonds is 7. The summed E-state index contributed by atoms with van der Waals surface area (Å²) in [5.41, 5.74) is 2.88. The lowest BCUT2D eigenvalue weighted by molar-refractivity contribution is 0.0654. The van der Waals surface area contributed by atoms with Crippen LogP contribution in [0.4, 0.5) is 0 Å². The molecule has 2 heteroatoms. The van der Waals surface area contributed by atoms with Gasteiger partial charge in [0.1, 0.15) is 0 Å². The van der Waals surface area contributed by atoms with Crippen LogP contribution in [0, 0.1) is 12.3 Å². The predicted octanol–water partition coefficient (Wildman–Crippen LogP) is 6.00. The van der Waals surface area contributed by atoms with Crippen molar-refractivity contribution in [1.82, 2.24) is 0 Å². The Labute approximate surface area is 128 Å². The van der Waals surface area contributed by atoms with Crippen LogP contribution in [0.2, 0.25) is 16.6 Å². The van der Waals surface area contributed by atoms with E-state index in [-0.39, 0.29) is 0 Å². The average molecular weight is 298 g/mol. The van der Waals surface area contributed by atoms with Gasteiger partial charge in [-0.25, -0.2) is 0 Å². The number of ether oxygens (including phenoxy) is 1. The van der Waals surface area contributed by atoms with Gasteiger partial charge in [-0.3, -0.25) is 0 Å². The van der Waals surface area contributed by atoms with Gasteiger partial charge in [-0.05, 0) is 48.7 Å². The fourth-order valence-electron chi connectivity index (χ4n) is 5.05. The summed E-state index contributed by atoms with van der Waals surface area (Å²) < 4.78 is 6.46. The van der Waals surface area contributed by atoms with Crippen molar-refractivity contribution >= 4 is 8.07 Å². The van der Waals surface area contributed by atoms with Gasteiger partial charge in [0.25, 0.3) is 0 Å². The van der Waals surface area contributed by atoms with Crippen LogP contribution in [0.1, 0.15) is 74.1 Å². The quantitative estimate of drug-likeness (QED) is 0.523. The maximum Gasteiger partial charge on any atom is 0.0955 e. The first-order valence-corrected chi connectivity index (χ1v) is 11.1. The maximum atomic E-state index is 6.46. The van der Waals surface area contributed by atoms with E-state index in [9.17, 15) is 0 Å². The Hall–Kier alpha value is 0.177. The first-order valence-electron chi connectivity index (χ1n) is 8.83. The minimum Gasteiger partial charge on any atom is -0.382 e. The Balaban J connectivity index is 3.15. The molecule has 20 heavy (non-hydrogen) atoms. The molecular formula is C18H37OSi. The summed E-state index contributed by atoms with van der Waals surface area (Å²) in [5, 5.41) is 0. The van der Waals surface area contributed by atoms with Crippen LogP contribution in [-0.4, -0.2) is 20.4 Å². The highest BCUT2D eigenvalue weighted by molar-refractivity contribution is 6.84. The highest BCUT2D eigenvalue weighted by atomic mass is 28.3. The molecule has 1 aliphatic rings. The predicted molar refractivity (Wildman–Crippen MR) is 92.7 cm³/mol. The van der Waals surface area contributed by atoms with E-state index in [1.54, 1.807) is 0 Å². The van der Waals surface area contributed by atoms with E-state index in [4.69, 9.17) is 4.74 Å². The first-order chi connectivity index (χ1) is 9.38. The van der Waals surface area contributed by atoms with E-state index in [0.717, 1.165) is 23.2 Å². The van der Waals surface area contributed by atoms with E-state index < -0.39 is 8.07 Å². The van der Waals surface area contributed by atoms with E-state index in [0.29, 0.717) is 11.6 Å². The Morgan fingerprint density at radius 3 is 1.90 bits per heavy atom. The number of hydrogen-bond donors (Lipinski definition) is 0. The van der Waals surface area contributed by atoms with Gasteiger partial charge < -0.3 is 4.74 Å². The molecule has 119 valence electrons. The van der Waals surface area contributed by atoms with Crippen LogP contribution in [0.3, 0.4) is 0 Å². The molecule has 1 nitrogen and oxygen atoms in total. The largest absolute Gasteiger partial charge is 0.382 e. The maximum absolute atomic E-state index is 6.46. The third kappa shape index (κ3) is 3.49. The van der Waals surface area contributed by atoms with Crippen LogP contribution in [0.5, 0.6) is 0 Å². The molecule has 0 N–H and O–H groups in total. The van der Waals surface area contributed by atoms with Crippen LogP contribution in [-0.2, 0) is 4.74 Å². The van der Waals surface area contributed by atoms with Gasteiger partial charge >= 0.3 is 0 Å². The van der Waals surface area contributed by atoms with Crippen LogP contribution in [0.25, 0.3) is 0 Å². The lowest BCUT2D eigenvalue weighted by Crippen LogP contribution is -2.59. The van der Waals surface area contributed by atoms with Crippen molar-refractivity contribution in [2.75, 3.05) is 6.61 Å². The summed E-state index contributed by atoms with van der Waals surface area (Å²) in [4.78, 5) is 0. The lowest BCUT2D eigenvalue weighted by atomic mass is 9.90. The first kappa shape index (κ1) is 18.2. The zero-order valence-corrected chi connectivity index (χ0v) is 15.9. The highest BCUT2D eigenvalue weighted by Gasteiger charge is 2.52. The molecule has 2 unspecified atom stereocenters. The third-order valence-electron chi connectivity index (χ3n) is 5.69. The number of hydrogen-bond acceptors (Lipinski definition) is 1. The molecule has 1 saturated carbocycles. The van der Waals surface area contributed by atoms with Crippen LogP contribution in [0.15, 0.2) is 0 Å². The molecule has 0 aromatic carbocycles. The SMILES string of the molecule is CCOC(C1[CH]CCCC1)[Si](C(C)C)(C(C)C)C(C)C. The summed E-state index contributed by atoms with van der Waals surface area (Å²) in [6.45, 7) is 17.8. The molecule has 0 aliphatic heterocycles. The monoisotopic (exact) mass is 297 g/mol. The van der Waals surface area contributed by atoms with Gasteiger partial charge in [0, 0.05) is 6.61 Å². The van der Waals surface area contributed by atoms with Crippen molar-refractivity contribution in [2.24, 2.45) is 5.92 Å². The summed E-state index contributed by atoms with van der Waals surface area (Å²) in [7, 11) is -1.52. The van der Waals surface area contributed by atoms with Crippen molar-refractivity contribution in [1.29, 1.82) is 0 Å². The molecule has 2 atom stereocenters. The topological polar surface area (TPSA) is 9.23 Å². The fourth-order valence-corrected chi connectivity index (χ4v) is 12.5. The molecular weight excluding hydrogens is 260 g/mol. The second kappa shape index (κ2) is 7.98. The molecule has 0 bridgehead atoms. The summed E-state index contributed by atoms with van der Waals surface area (Å²) in [6.07, 6.45) is 8.02. The second-order valence-corrected chi connectivity index (χ2v) is 13.6. The van der Waals surface area contributed by atoms with Crippen molar-refractivity contribution in [3.05, 3.63) is 6.42 Å². The third-order valence-corrected chi connectivity index (χ3v) is 13.3. The second-order valence-electron chi connectivity index (χ2n) is 7.52. The highest BCUT2D eigenvalue weighted by Crippen LogP contribution is 2.48. The molecule has 0 aromatic rings. The Bertz CT molecular complexity index is 245. The van der Waals surface area contributed by atoms with E-state index in [1.165, 1.54) is 25.7 Å². The molecule has 1 rings (SSSR count). The van der Waals surface area contributed by atoms with Gasteiger partial charge in [0.2, 0.25) is 0 Å². The van der Waals surface area contributed by atoms with Gasteiger partial charge in [0.15, 0.2) is 0 Å². The molecule has 0 saturated heterocycles. The van der Waals surface area contributed by atoms with Gasteiger partial charge in [0.05, 0.1) is 13.8 Å². The van der Waals surface area contributed by atoms with Crippen molar-refractivity contribution < 1.29 is 4.74 Å². The lowest BCUT2D eigenvalue weighted by Gasteiger charge is -2.51. The van der Waals surface area contributed by atoms with Gasteiger partial charge in [-0.2, -0.15) is 0 Å². The fraction of sp³-hybridized carbons (Fsp3) is 0.944. The molecule has 1 aliphatic carbocycles. The Morgan fingerprint density at radius 2 is 1.55 bits per heavy atom. The van der Waals surface area contributed by atoms with Crippen molar-refractivity contribution in [3.63, 3.8) is 0 Å². The summed E-state index contributed by atoms with van der Waals surface area (Å²) >= 11 is 0. The molecule has 0 amide bonds. The normalized spacial score (nSPS) is 20.1. The molecule has 0 heterocycles. The van der Waals surface area contributed by atoms with Crippen molar-refractivity contribution in [2.45, 2.75) is 96.5 Å². The van der Waals surface area contributed by atoms with E-state index in [1.807, 2.05) is 0 Å². The average Bonchev–Trinajstić information content (AvgIpc) is 2.38.